The topological polar surface area (TPSA) is 15.3 Å². The maximum atomic E-state index is 13.5. The van der Waals surface area contributed by atoms with Crippen molar-refractivity contribution in [3.63, 3.8) is 0 Å². The Morgan fingerprint density at radius 1 is 1.40 bits per heavy atom. The molecule has 0 spiro atoms. The van der Waals surface area contributed by atoms with Gasteiger partial charge in [0.2, 0.25) is 0 Å². The third kappa shape index (κ3) is 3.29. The first-order valence-corrected chi connectivity index (χ1v) is 5.26. The summed E-state index contributed by atoms with van der Waals surface area (Å²) in [6, 6.07) is 7.06. The maximum Gasteiger partial charge on any atom is 0.127 e. The van der Waals surface area contributed by atoms with Gasteiger partial charge in [0.15, 0.2) is 0 Å². The first-order chi connectivity index (χ1) is 7.16. The Morgan fingerprint density at radius 2 is 2.07 bits per heavy atom. The van der Waals surface area contributed by atoms with E-state index in [2.05, 4.69) is 10.2 Å². The molecule has 0 aromatic heterocycles. The van der Waals surface area contributed by atoms with Gasteiger partial charge in [0, 0.05) is 24.7 Å². The predicted molar refractivity (Wildman–Crippen MR) is 61.4 cm³/mol. The molecule has 1 rings (SSSR count). The lowest BCUT2D eigenvalue weighted by atomic mass is 10.1. The smallest absolute Gasteiger partial charge is 0.127 e. The van der Waals surface area contributed by atoms with Crippen LogP contribution in [-0.2, 0) is 0 Å². The fourth-order valence-electron chi connectivity index (χ4n) is 1.53. The van der Waals surface area contributed by atoms with Gasteiger partial charge >= 0.3 is 0 Å². The molecular weight excluding hydrogens is 191 g/mol. The molecule has 0 saturated carbocycles. The van der Waals surface area contributed by atoms with Gasteiger partial charge in [-0.15, -0.1) is 0 Å². The number of nitrogens with zero attached hydrogens (tertiary/aromatic N) is 1. The van der Waals surface area contributed by atoms with Crippen LogP contribution in [0, 0.1) is 5.82 Å². The molecule has 1 aromatic rings. The molecule has 0 aliphatic carbocycles. The molecule has 0 heterocycles. The van der Waals surface area contributed by atoms with Gasteiger partial charge in [-0.25, -0.2) is 4.39 Å². The highest BCUT2D eigenvalue weighted by Crippen LogP contribution is 2.20. The molecule has 0 fully saturated rings. The summed E-state index contributed by atoms with van der Waals surface area (Å²) in [4.78, 5) is 2.13. The number of benzene rings is 1. The number of nitrogens with one attached hydrogen (secondary N) is 1. The van der Waals surface area contributed by atoms with E-state index in [9.17, 15) is 4.39 Å². The minimum absolute atomic E-state index is 0.111. The van der Waals surface area contributed by atoms with E-state index >= 15 is 0 Å². The van der Waals surface area contributed by atoms with Crippen molar-refractivity contribution in [2.45, 2.75) is 13.0 Å². The van der Waals surface area contributed by atoms with E-state index in [-0.39, 0.29) is 11.9 Å². The summed E-state index contributed by atoms with van der Waals surface area (Å²) in [7, 11) is 3.93. The van der Waals surface area contributed by atoms with Gasteiger partial charge in [-0.05, 0) is 27.1 Å². The summed E-state index contributed by atoms with van der Waals surface area (Å²) in [5, 5.41) is 3.08. The van der Waals surface area contributed by atoms with E-state index in [0.29, 0.717) is 0 Å². The Bertz CT molecular complexity index is 301. The highest BCUT2D eigenvalue weighted by atomic mass is 19.1. The Kier molecular flexibility index (Phi) is 4.72. The molecule has 1 aromatic carbocycles. The lowest BCUT2D eigenvalue weighted by Gasteiger charge is -2.25. The molecule has 0 aliphatic heterocycles. The molecule has 1 atom stereocenters. The van der Waals surface area contributed by atoms with Crippen molar-refractivity contribution in [2.75, 3.05) is 27.2 Å². The van der Waals surface area contributed by atoms with Gasteiger partial charge in [0.05, 0.1) is 0 Å². The van der Waals surface area contributed by atoms with E-state index in [4.69, 9.17) is 0 Å². The van der Waals surface area contributed by atoms with Gasteiger partial charge in [0.1, 0.15) is 5.82 Å². The second kappa shape index (κ2) is 5.83. The normalized spacial score (nSPS) is 13.1. The third-order valence-corrected chi connectivity index (χ3v) is 2.73. The Hall–Kier alpha value is -0.930. The van der Waals surface area contributed by atoms with Crippen molar-refractivity contribution in [2.24, 2.45) is 0 Å². The number of hydrogen-bond acceptors (Lipinski definition) is 2. The highest BCUT2D eigenvalue weighted by Gasteiger charge is 2.14. The molecule has 0 aliphatic rings. The van der Waals surface area contributed by atoms with Crippen LogP contribution in [-0.4, -0.2) is 32.1 Å². The van der Waals surface area contributed by atoms with Crippen LogP contribution in [0.4, 0.5) is 4.39 Å². The van der Waals surface area contributed by atoms with E-state index in [0.717, 1.165) is 18.7 Å². The van der Waals surface area contributed by atoms with Crippen molar-refractivity contribution < 1.29 is 4.39 Å². The zero-order chi connectivity index (χ0) is 11.3. The lowest BCUT2D eigenvalue weighted by molar-refractivity contribution is 0.258. The zero-order valence-corrected chi connectivity index (χ0v) is 9.63. The molecule has 1 N–H and O–H groups in total. The second-order valence-electron chi connectivity index (χ2n) is 3.78. The number of halogens is 1. The van der Waals surface area contributed by atoms with Gasteiger partial charge in [-0.2, -0.15) is 0 Å². The summed E-state index contributed by atoms with van der Waals surface area (Å²) in [5.41, 5.74) is 0.760. The molecule has 84 valence electrons. The largest absolute Gasteiger partial charge is 0.318 e. The summed E-state index contributed by atoms with van der Waals surface area (Å²) in [5.74, 6) is -0.124. The monoisotopic (exact) mass is 210 g/mol. The lowest BCUT2D eigenvalue weighted by Crippen LogP contribution is -2.30. The molecule has 3 heteroatoms. The quantitative estimate of drug-likeness (QED) is 0.800. The van der Waals surface area contributed by atoms with Gasteiger partial charge in [-0.1, -0.05) is 18.2 Å². The van der Waals surface area contributed by atoms with Crippen LogP contribution in [0.15, 0.2) is 24.3 Å². The second-order valence-corrected chi connectivity index (χ2v) is 3.78. The van der Waals surface area contributed by atoms with Crippen molar-refractivity contribution in [3.05, 3.63) is 35.6 Å². The van der Waals surface area contributed by atoms with Crippen LogP contribution in [0.3, 0.4) is 0 Å². The van der Waals surface area contributed by atoms with Gasteiger partial charge in [0.25, 0.3) is 0 Å². The Balaban J connectivity index is 2.67. The fraction of sp³-hybridized carbons (Fsp3) is 0.500. The molecule has 15 heavy (non-hydrogen) atoms. The number of likely N-dealkylation sites (N-methyl/N-ethyl adjacent to an activating group) is 2. The average molecular weight is 210 g/mol. The summed E-state index contributed by atoms with van der Waals surface area (Å²) < 4.78 is 13.5. The first-order valence-electron chi connectivity index (χ1n) is 5.26. The van der Waals surface area contributed by atoms with Crippen molar-refractivity contribution >= 4 is 0 Å². The van der Waals surface area contributed by atoms with Crippen LogP contribution in [0.5, 0.6) is 0 Å². The van der Waals surface area contributed by atoms with Crippen LogP contribution < -0.4 is 5.32 Å². The first kappa shape index (κ1) is 12.1. The maximum absolute atomic E-state index is 13.5. The molecule has 0 bridgehead atoms. The van der Waals surface area contributed by atoms with Crippen LogP contribution in [0.2, 0.25) is 0 Å². The van der Waals surface area contributed by atoms with Crippen LogP contribution >= 0.6 is 0 Å². The van der Waals surface area contributed by atoms with Crippen LogP contribution in [0.25, 0.3) is 0 Å². The van der Waals surface area contributed by atoms with Crippen molar-refractivity contribution in [1.82, 2.24) is 10.2 Å². The minimum atomic E-state index is -0.124. The SMILES string of the molecule is CNCCN(C)C(C)c1ccccc1F. The molecule has 1 unspecified atom stereocenters. The highest BCUT2D eigenvalue weighted by molar-refractivity contribution is 5.20. The van der Waals surface area contributed by atoms with Crippen molar-refractivity contribution in [3.8, 4) is 0 Å². The molecule has 0 saturated heterocycles. The molecular formula is C12H19FN2. The number of hydrogen-bond donors (Lipinski definition) is 1. The van der Waals surface area contributed by atoms with Crippen molar-refractivity contribution in [1.29, 1.82) is 0 Å². The fourth-order valence-corrected chi connectivity index (χ4v) is 1.53. The Labute approximate surface area is 91.1 Å². The van der Waals surface area contributed by atoms with E-state index in [1.165, 1.54) is 6.07 Å². The third-order valence-electron chi connectivity index (χ3n) is 2.73. The minimum Gasteiger partial charge on any atom is -0.318 e. The number of rotatable bonds is 5. The molecule has 0 amide bonds. The Morgan fingerprint density at radius 3 is 2.67 bits per heavy atom. The van der Waals surface area contributed by atoms with Gasteiger partial charge in [-0.3, -0.25) is 4.90 Å². The standard InChI is InChI=1S/C12H19FN2/c1-10(15(3)9-8-14-2)11-6-4-5-7-12(11)13/h4-7,10,14H,8-9H2,1-3H3. The average Bonchev–Trinajstić information content (AvgIpc) is 2.25. The predicted octanol–water partition coefficient (Wildman–Crippen LogP) is 2.04. The van der Waals surface area contributed by atoms with E-state index < -0.39 is 0 Å². The zero-order valence-electron chi connectivity index (χ0n) is 9.63. The van der Waals surface area contributed by atoms with E-state index in [1.807, 2.05) is 33.2 Å². The molecule has 0 radical (unpaired) electrons. The summed E-state index contributed by atoms with van der Waals surface area (Å²) in [6.45, 7) is 3.84. The van der Waals surface area contributed by atoms with Crippen LogP contribution in [0.1, 0.15) is 18.5 Å². The molecule has 2 nitrogen and oxygen atoms in total. The summed E-state index contributed by atoms with van der Waals surface area (Å²) in [6.07, 6.45) is 0. The summed E-state index contributed by atoms with van der Waals surface area (Å²) >= 11 is 0. The van der Waals surface area contributed by atoms with E-state index in [1.54, 1.807) is 6.07 Å². The van der Waals surface area contributed by atoms with Gasteiger partial charge < -0.3 is 5.32 Å².